The van der Waals surface area contributed by atoms with Crippen molar-refractivity contribution < 1.29 is 8.85 Å². The van der Waals surface area contributed by atoms with Crippen LogP contribution >= 0.6 is 0 Å². The second-order valence-corrected chi connectivity index (χ2v) is 6.61. The predicted octanol–water partition coefficient (Wildman–Crippen LogP) is 4.30. The maximum absolute atomic E-state index is 6.28. The Morgan fingerprint density at radius 3 is 2.52 bits per heavy atom. The second kappa shape index (κ2) is 7.73. The lowest BCUT2D eigenvalue weighted by Gasteiger charge is -2.32. The van der Waals surface area contributed by atoms with Crippen molar-refractivity contribution >= 4 is 20.8 Å². The molecule has 114 valence electrons. The van der Waals surface area contributed by atoms with Gasteiger partial charge in [-0.3, -0.25) is 0 Å². The van der Waals surface area contributed by atoms with Gasteiger partial charge in [-0.15, -0.1) is 0 Å². The minimum Gasteiger partial charge on any atom is -0.399 e. The molecule has 2 aromatic rings. The SMILES string of the molecule is CCCO[SiH2]OC(C)(CCC)c1cccc2ccccc12. The summed E-state index contributed by atoms with van der Waals surface area (Å²) in [5, 5.41) is 2.57. The Bertz CT molecular complexity index is 565. The van der Waals surface area contributed by atoms with Gasteiger partial charge in [0.25, 0.3) is 0 Å². The van der Waals surface area contributed by atoms with E-state index in [-0.39, 0.29) is 5.60 Å². The lowest BCUT2D eigenvalue weighted by atomic mass is 9.87. The monoisotopic (exact) mass is 302 g/mol. The van der Waals surface area contributed by atoms with Crippen LogP contribution in [0.1, 0.15) is 45.6 Å². The molecule has 0 saturated heterocycles. The highest BCUT2D eigenvalue weighted by atomic mass is 28.3. The smallest absolute Gasteiger partial charge is 0.305 e. The van der Waals surface area contributed by atoms with Gasteiger partial charge in [-0.05, 0) is 36.1 Å². The summed E-state index contributed by atoms with van der Waals surface area (Å²) in [6.45, 7) is 7.36. The average Bonchev–Trinajstić information content (AvgIpc) is 2.51. The van der Waals surface area contributed by atoms with E-state index in [4.69, 9.17) is 8.85 Å². The molecule has 0 aromatic heterocycles. The first-order valence-corrected chi connectivity index (χ1v) is 9.06. The van der Waals surface area contributed by atoms with Crippen molar-refractivity contribution in [3.63, 3.8) is 0 Å². The van der Waals surface area contributed by atoms with Crippen LogP contribution in [0, 0.1) is 0 Å². The van der Waals surface area contributed by atoms with Crippen LogP contribution in [-0.2, 0) is 14.5 Å². The second-order valence-electron chi connectivity index (χ2n) is 5.68. The number of benzene rings is 2. The molecule has 0 fully saturated rings. The first-order valence-electron chi connectivity index (χ1n) is 7.91. The summed E-state index contributed by atoms with van der Waals surface area (Å²) in [5.74, 6) is 0. The molecule has 2 nitrogen and oxygen atoms in total. The van der Waals surface area contributed by atoms with E-state index >= 15 is 0 Å². The fraction of sp³-hybridized carbons (Fsp3) is 0.444. The van der Waals surface area contributed by atoms with Crippen LogP contribution in [-0.4, -0.2) is 16.6 Å². The third-order valence-corrected chi connectivity index (χ3v) is 5.11. The zero-order valence-electron chi connectivity index (χ0n) is 13.4. The summed E-state index contributed by atoms with van der Waals surface area (Å²) in [4.78, 5) is 0. The van der Waals surface area contributed by atoms with Crippen molar-refractivity contribution in [2.45, 2.75) is 45.6 Å². The fourth-order valence-electron chi connectivity index (χ4n) is 2.82. The van der Waals surface area contributed by atoms with Gasteiger partial charge in [-0.1, -0.05) is 62.7 Å². The summed E-state index contributed by atoms with van der Waals surface area (Å²) in [6, 6.07) is 15.0. The van der Waals surface area contributed by atoms with Crippen LogP contribution in [0.4, 0.5) is 0 Å². The third kappa shape index (κ3) is 3.94. The predicted molar refractivity (Wildman–Crippen MR) is 92.1 cm³/mol. The van der Waals surface area contributed by atoms with Crippen LogP contribution in [0.3, 0.4) is 0 Å². The molecule has 0 amide bonds. The van der Waals surface area contributed by atoms with Crippen molar-refractivity contribution in [3.8, 4) is 0 Å². The van der Waals surface area contributed by atoms with Crippen molar-refractivity contribution in [1.82, 2.24) is 0 Å². The maximum atomic E-state index is 6.28. The van der Waals surface area contributed by atoms with E-state index in [2.05, 4.69) is 63.2 Å². The largest absolute Gasteiger partial charge is 0.399 e. The first kappa shape index (κ1) is 16.2. The average molecular weight is 302 g/mol. The Labute approximate surface area is 130 Å². The molecule has 1 atom stereocenters. The molecule has 0 aliphatic carbocycles. The number of fused-ring (bicyclic) bond motifs is 1. The van der Waals surface area contributed by atoms with E-state index in [1.807, 2.05) is 0 Å². The van der Waals surface area contributed by atoms with Crippen LogP contribution in [0.25, 0.3) is 10.8 Å². The Hall–Kier alpha value is -1.16. The van der Waals surface area contributed by atoms with E-state index in [0.717, 1.165) is 25.9 Å². The summed E-state index contributed by atoms with van der Waals surface area (Å²) in [7, 11) is -0.934. The van der Waals surface area contributed by atoms with Gasteiger partial charge in [0, 0.05) is 6.61 Å². The molecular formula is C18H26O2Si. The lowest BCUT2D eigenvalue weighted by molar-refractivity contribution is 0.0536. The molecule has 0 saturated carbocycles. The van der Waals surface area contributed by atoms with E-state index in [1.165, 1.54) is 16.3 Å². The molecule has 0 aliphatic rings. The van der Waals surface area contributed by atoms with Crippen LogP contribution < -0.4 is 0 Å². The molecule has 2 rings (SSSR count). The standard InChI is InChI=1S/C18H26O2Si/c1-4-13-18(3,20-21-19-14-5-2)17-12-8-10-15-9-6-7-11-16(15)17/h6-12H,4-5,13-14,21H2,1-3H3. The van der Waals surface area contributed by atoms with Crippen LogP contribution in [0.2, 0.25) is 0 Å². The first-order chi connectivity index (χ1) is 10.2. The third-order valence-electron chi connectivity index (χ3n) is 3.90. The zero-order chi connectivity index (χ0) is 15.1. The highest BCUT2D eigenvalue weighted by molar-refractivity contribution is 6.18. The van der Waals surface area contributed by atoms with Crippen molar-refractivity contribution in [3.05, 3.63) is 48.0 Å². The summed E-state index contributed by atoms with van der Waals surface area (Å²) in [6.07, 6.45) is 3.17. The number of hydrogen-bond donors (Lipinski definition) is 0. The van der Waals surface area contributed by atoms with Gasteiger partial charge < -0.3 is 8.85 Å². The van der Waals surface area contributed by atoms with Crippen LogP contribution in [0.15, 0.2) is 42.5 Å². The Morgan fingerprint density at radius 1 is 1.00 bits per heavy atom. The molecule has 0 N–H and O–H groups in total. The molecular weight excluding hydrogens is 276 g/mol. The zero-order valence-corrected chi connectivity index (χ0v) is 14.8. The normalized spacial score (nSPS) is 14.8. The van der Waals surface area contributed by atoms with Gasteiger partial charge in [0.1, 0.15) is 0 Å². The van der Waals surface area contributed by atoms with Gasteiger partial charge >= 0.3 is 10.0 Å². The molecule has 3 heteroatoms. The minimum atomic E-state index is -0.934. The van der Waals surface area contributed by atoms with Crippen molar-refractivity contribution in [1.29, 1.82) is 0 Å². The topological polar surface area (TPSA) is 18.5 Å². The molecule has 0 aliphatic heterocycles. The molecule has 0 radical (unpaired) electrons. The van der Waals surface area contributed by atoms with Crippen molar-refractivity contribution in [2.75, 3.05) is 6.61 Å². The minimum absolute atomic E-state index is 0.240. The molecule has 0 bridgehead atoms. The van der Waals surface area contributed by atoms with Gasteiger partial charge in [-0.2, -0.15) is 0 Å². The molecule has 0 heterocycles. The molecule has 2 aromatic carbocycles. The Morgan fingerprint density at radius 2 is 1.76 bits per heavy atom. The van der Waals surface area contributed by atoms with Gasteiger partial charge in [0.05, 0.1) is 5.60 Å². The number of hydrogen-bond acceptors (Lipinski definition) is 2. The fourth-order valence-corrected chi connectivity index (χ4v) is 3.87. The highest BCUT2D eigenvalue weighted by Gasteiger charge is 2.28. The van der Waals surface area contributed by atoms with E-state index in [0.29, 0.717) is 0 Å². The summed E-state index contributed by atoms with van der Waals surface area (Å²) >= 11 is 0. The number of rotatable bonds is 8. The van der Waals surface area contributed by atoms with Gasteiger partial charge in [0.15, 0.2) is 0 Å². The Balaban J connectivity index is 2.30. The van der Waals surface area contributed by atoms with E-state index < -0.39 is 10.0 Å². The van der Waals surface area contributed by atoms with Gasteiger partial charge in [-0.25, -0.2) is 0 Å². The highest BCUT2D eigenvalue weighted by Crippen LogP contribution is 2.35. The maximum Gasteiger partial charge on any atom is 0.305 e. The Kier molecular flexibility index (Phi) is 5.97. The molecule has 21 heavy (non-hydrogen) atoms. The van der Waals surface area contributed by atoms with Crippen LogP contribution in [0.5, 0.6) is 0 Å². The lowest BCUT2D eigenvalue weighted by Crippen LogP contribution is -2.29. The van der Waals surface area contributed by atoms with E-state index in [1.54, 1.807) is 0 Å². The molecule has 0 spiro atoms. The van der Waals surface area contributed by atoms with Gasteiger partial charge in [0.2, 0.25) is 0 Å². The summed E-state index contributed by atoms with van der Waals surface area (Å²) in [5.41, 5.74) is 1.05. The summed E-state index contributed by atoms with van der Waals surface area (Å²) < 4.78 is 12.0. The molecule has 1 unspecified atom stereocenters. The quantitative estimate of drug-likeness (QED) is 0.535. The van der Waals surface area contributed by atoms with E-state index in [9.17, 15) is 0 Å². The van der Waals surface area contributed by atoms with Crippen molar-refractivity contribution in [2.24, 2.45) is 0 Å².